The molecule has 0 spiro atoms. The minimum absolute atomic E-state index is 0.0243. The molecule has 0 radical (unpaired) electrons. The number of aryl methyl sites for hydroxylation is 2. The molecule has 1 saturated heterocycles. The second kappa shape index (κ2) is 8.62. The lowest BCUT2D eigenvalue weighted by Crippen LogP contribution is -2.33. The molecule has 5 heteroatoms. The van der Waals surface area contributed by atoms with Crippen LogP contribution in [0.15, 0.2) is 60.7 Å². The molecule has 3 aromatic rings. The van der Waals surface area contributed by atoms with E-state index in [4.69, 9.17) is 0 Å². The molecule has 2 aromatic carbocycles. The SMILES string of the molecule is Cc1cc(C)n(-c2ccc(C(=O)NCCN3CC[C@H](c4ccccc4)C3)cc2)n1. The second-order valence-electron chi connectivity index (χ2n) is 7.84. The van der Waals surface area contributed by atoms with Crippen molar-refractivity contribution in [2.24, 2.45) is 0 Å². The molecule has 0 bridgehead atoms. The Kier molecular flexibility index (Phi) is 5.76. The van der Waals surface area contributed by atoms with Gasteiger partial charge in [-0.15, -0.1) is 0 Å². The van der Waals surface area contributed by atoms with Crippen LogP contribution in [0.5, 0.6) is 0 Å². The van der Waals surface area contributed by atoms with Crippen molar-refractivity contribution in [3.05, 3.63) is 83.2 Å². The number of likely N-dealkylation sites (tertiary alicyclic amines) is 1. The van der Waals surface area contributed by atoms with Gasteiger partial charge in [0.15, 0.2) is 0 Å². The van der Waals surface area contributed by atoms with E-state index in [0.717, 1.165) is 36.7 Å². The smallest absolute Gasteiger partial charge is 0.251 e. The quantitative estimate of drug-likeness (QED) is 0.700. The van der Waals surface area contributed by atoms with Crippen molar-refractivity contribution in [1.82, 2.24) is 20.0 Å². The molecule has 1 atom stereocenters. The average Bonchev–Trinajstić information content (AvgIpc) is 3.35. The van der Waals surface area contributed by atoms with E-state index >= 15 is 0 Å². The Bertz CT molecular complexity index is 962. The van der Waals surface area contributed by atoms with Gasteiger partial charge < -0.3 is 10.2 Å². The predicted molar refractivity (Wildman–Crippen MR) is 116 cm³/mol. The third-order valence-corrected chi connectivity index (χ3v) is 5.64. The highest BCUT2D eigenvalue weighted by molar-refractivity contribution is 5.94. The standard InChI is InChI=1S/C24H28N4O/c1-18-16-19(2)28(26-18)23-10-8-21(9-11-23)24(29)25-13-15-27-14-12-22(17-27)20-6-4-3-5-7-20/h3-11,16,22H,12-15,17H2,1-2H3,(H,25,29)/t22-/m0/s1. The van der Waals surface area contributed by atoms with Crippen LogP contribution < -0.4 is 5.32 Å². The fourth-order valence-electron chi connectivity index (χ4n) is 4.11. The first kappa shape index (κ1) is 19.4. The number of nitrogens with zero attached hydrogens (tertiary/aromatic N) is 3. The Labute approximate surface area is 172 Å². The molecule has 5 nitrogen and oxygen atoms in total. The van der Waals surface area contributed by atoms with Gasteiger partial charge in [-0.2, -0.15) is 5.10 Å². The summed E-state index contributed by atoms with van der Waals surface area (Å²) in [7, 11) is 0. The van der Waals surface area contributed by atoms with Gasteiger partial charge in [-0.05, 0) is 68.6 Å². The van der Waals surface area contributed by atoms with E-state index in [1.807, 2.05) is 48.9 Å². The number of hydrogen-bond acceptors (Lipinski definition) is 3. The summed E-state index contributed by atoms with van der Waals surface area (Å²) in [5.41, 5.74) is 5.14. The highest BCUT2D eigenvalue weighted by atomic mass is 16.1. The zero-order chi connectivity index (χ0) is 20.2. The minimum Gasteiger partial charge on any atom is -0.351 e. The molecule has 0 saturated carbocycles. The van der Waals surface area contributed by atoms with Crippen LogP contribution in [0, 0.1) is 13.8 Å². The number of hydrogen-bond donors (Lipinski definition) is 1. The van der Waals surface area contributed by atoms with Crippen molar-refractivity contribution < 1.29 is 4.79 Å². The zero-order valence-electron chi connectivity index (χ0n) is 17.1. The van der Waals surface area contributed by atoms with Crippen molar-refractivity contribution in [2.75, 3.05) is 26.2 Å². The van der Waals surface area contributed by atoms with Crippen molar-refractivity contribution in [3.8, 4) is 5.69 Å². The molecule has 1 aromatic heterocycles. The van der Waals surface area contributed by atoms with Gasteiger partial charge in [-0.3, -0.25) is 4.79 Å². The van der Waals surface area contributed by atoms with Gasteiger partial charge in [0.1, 0.15) is 0 Å². The summed E-state index contributed by atoms with van der Waals surface area (Å²) >= 11 is 0. The highest BCUT2D eigenvalue weighted by Gasteiger charge is 2.23. The van der Waals surface area contributed by atoms with Gasteiger partial charge in [-0.1, -0.05) is 30.3 Å². The average molecular weight is 389 g/mol. The summed E-state index contributed by atoms with van der Waals surface area (Å²) in [4.78, 5) is 14.9. The van der Waals surface area contributed by atoms with Crippen LogP contribution in [0.1, 0.15) is 39.6 Å². The van der Waals surface area contributed by atoms with Gasteiger partial charge in [0, 0.05) is 30.9 Å². The topological polar surface area (TPSA) is 50.2 Å². The maximum absolute atomic E-state index is 12.5. The van der Waals surface area contributed by atoms with E-state index in [2.05, 4.69) is 45.6 Å². The number of carbonyl (C=O) groups is 1. The maximum atomic E-state index is 12.5. The molecule has 0 unspecified atom stereocenters. The van der Waals surface area contributed by atoms with Gasteiger partial charge in [0.05, 0.1) is 11.4 Å². The van der Waals surface area contributed by atoms with Crippen LogP contribution in [-0.4, -0.2) is 46.8 Å². The zero-order valence-corrected chi connectivity index (χ0v) is 17.1. The molecule has 0 aliphatic carbocycles. The normalized spacial score (nSPS) is 16.8. The Morgan fingerprint density at radius 1 is 1.10 bits per heavy atom. The number of carbonyl (C=O) groups excluding carboxylic acids is 1. The van der Waals surface area contributed by atoms with Crippen LogP contribution >= 0.6 is 0 Å². The molecule has 1 aliphatic heterocycles. The molecule has 150 valence electrons. The third-order valence-electron chi connectivity index (χ3n) is 5.64. The number of benzene rings is 2. The first-order chi connectivity index (χ1) is 14.1. The van der Waals surface area contributed by atoms with E-state index in [1.165, 1.54) is 12.0 Å². The number of aromatic nitrogens is 2. The van der Waals surface area contributed by atoms with Crippen LogP contribution in [0.25, 0.3) is 5.69 Å². The summed E-state index contributed by atoms with van der Waals surface area (Å²) in [6.07, 6.45) is 1.19. The fraction of sp³-hybridized carbons (Fsp3) is 0.333. The Balaban J connectivity index is 1.26. The van der Waals surface area contributed by atoms with E-state index in [-0.39, 0.29) is 5.91 Å². The van der Waals surface area contributed by atoms with Crippen molar-refractivity contribution >= 4 is 5.91 Å². The Morgan fingerprint density at radius 2 is 1.86 bits per heavy atom. The van der Waals surface area contributed by atoms with E-state index < -0.39 is 0 Å². The highest BCUT2D eigenvalue weighted by Crippen LogP contribution is 2.26. The van der Waals surface area contributed by atoms with Crippen LogP contribution in [0.2, 0.25) is 0 Å². The Hall–Kier alpha value is -2.92. The summed E-state index contributed by atoms with van der Waals surface area (Å²) in [6.45, 7) is 7.72. The summed E-state index contributed by atoms with van der Waals surface area (Å²) in [5, 5.41) is 7.54. The second-order valence-corrected chi connectivity index (χ2v) is 7.84. The molecule has 1 N–H and O–H groups in total. The van der Waals surface area contributed by atoms with E-state index in [9.17, 15) is 4.79 Å². The molecule has 1 fully saturated rings. The van der Waals surface area contributed by atoms with Crippen LogP contribution in [0.3, 0.4) is 0 Å². The number of rotatable bonds is 6. The largest absolute Gasteiger partial charge is 0.351 e. The molecule has 2 heterocycles. The molecule has 4 rings (SSSR count). The lowest BCUT2D eigenvalue weighted by molar-refractivity contribution is 0.0949. The first-order valence-electron chi connectivity index (χ1n) is 10.3. The molecule has 29 heavy (non-hydrogen) atoms. The summed E-state index contributed by atoms with van der Waals surface area (Å²) < 4.78 is 1.90. The monoisotopic (exact) mass is 388 g/mol. The minimum atomic E-state index is -0.0243. The van der Waals surface area contributed by atoms with Crippen LogP contribution in [-0.2, 0) is 0 Å². The van der Waals surface area contributed by atoms with Gasteiger partial charge >= 0.3 is 0 Å². The predicted octanol–water partition coefficient (Wildman–Crippen LogP) is 3.71. The summed E-state index contributed by atoms with van der Waals surface area (Å²) in [5.74, 6) is 0.581. The maximum Gasteiger partial charge on any atom is 0.251 e. The number of nitrogens with one attached hydrogen (secondary N) is 1. The summed E-state index contributed by atoms with van der Waals surface area (Å²) in [6, 6.07) is 20.4. The van der Waals surface area contributed by atoms with E-state index in [0.29, 0.717) is 18.0 Å². The third kappa shape index (κ3) is 4.57. The van der Waals surface area contributed by atoms with Gasteiger partial charge in [0.25, 0.3) is 5.91 Å². The van der Waals surface area contributed by atoms with Crippen molar-refractivity contribution in [1.29, 1.82) is 0 Å². The van der Waals surface area contributed by atoms with Crippen molar-refractivity contribution in [3.63, 3.8) is 0 Å². The lowest BCUT2D eigenvalue weighted by Gasteiger charge is -2.16. The molecular formula is C24H28N4O. The van der Waals surface area contributed by atoms with Crippen molar-refractivity contribution in [2.45, 2.75) is 26.2 Å². The van der Waals surface area contributed by atoms with Gasteiger partial charge in [-0.25, -0.2) is 4.68 Å². The Morgan fingerprint density at radius 3 is 2.55 bits per heavy atom. The molecule has 1 aliphatic rings. The number of amides is 1. The first-order valence-corrected chi connectivity index (χ1v) is 10.3. The molecule has 1 amide bonds. The lowest BCUT2D eigenvalue weighted by atomic mass is 9.99. The van der Waals surface area contributed by atoms with Crippen LogP contribution in [0.4, 0.5) is 0 Å². The van der Waals surface area contributed by atoms with E-state index in [1.54, 1.807) is 0 Å². The van der Waals surface area contributed by atoms with Gasteiger partial charge in [0.2, 0.25) is 0 Å². The molecular weight excluding hydrogens is 360 g/mol. The fourth-order valence-corrected chi connectivity index (χ4v) is 4.11.